The summed E-state index contributed by atoms with van der Waals surface area (Å²) in [7, 11) is 0. The van der Waals surface area contributed by atoms with Gasteiger partial charge in [0.25, 0.3) is 0 Å². The molecule has 1 aliphatic heterocycles. The Morgan fingerprint density at radius 1 is 1.35 bits per heavy atom. The quantitative estimate of drug-likeness (QED) is 0.942. The van der Waals surface area contributed by atoms with Crippen molar-refractivity contribution >= 4 is 5.91 Å². The van der Waals surface area contributed by atoms with Crippen LogP contribution in [0.4, 0.5) is 0 Å². The summed E-state index contributed by atoms with van der Waals surface area (Å²) >= 11 is 0. The summed E-state index contributed by atoms with van der Waals surface area (Å²) in [5.74, 6) is 1.94. The van der Waals surface area contributed by atoms with Crippen LogP contribution in [0.15, 0.2) is 28.8 Å². The van der Waals surface area contributed by atoms with Gasteiger partial charge in [-0.25, -0.2) is 0 Å². The highest BCUT2D eigenvalue weighted by molar-refractivity contribution is 5.79. The Morgan fingerprint density at radius 3 is 3.00 bits per heavy atom. The van der Waals surface area contributed by atoms with Crippen LogP contribution >= 0.6 is 0 Å². The smallest absolute Gasteiger partial charge is 0.223 e. The molecule has 0 bridgehead atoms. The molecule has 5 heteroatoms. The third-order valence-electron chi connectivity index (χ3n) is 4.67. The number of aromatic nitrogens is 1. The topological polar surface area (TPSA) is 64.4 Å². The van der Waals surface area contributed by atoms with E-state index in [0.29, 0.717) is 12.3 Å². The molecule has 2 aliphatic rings. The van der Waals surface area contributed by atoms with Gasteiger partial charge in [0.15, 0.2) is 5.76 Å². The van der Waals surface area contributed by atoms with Crippen molar-refractivity contribution in [1.29, 1.82) is 0 Å². The Balaban J connectivity index is 1.43. The van der Waals surface area contributed by atoms with Gasteiger partial charge in [-0.15, -0.1) is 0 Å². The lowest BCUT2D eigenvalue weighted by Crippen LogP contribution is -2.34. The van der Waals surface area contributed by atoms with Crippen molar-refractivity contribution in [2.24, 2.45) is 5.92 Å². The number of nitrogens with one attached hydrogen (secondary N) is 1. The number of fused-ring (bicyclic) bond motifs is 1. The highest BCUT2D eigenvalue weighted by Gasteiger charge is 2.25. The maximum absolute atomic E-state index is 11.8. The maximum Gasteiger partial charge on any atom is 0.223 e. The van der Waals surface area contributed by atoms with Crippen molar-refractivity contribution in [3.05, 3.63) is 35.5 Å². The molecule has 0 spiro atoms. The zero-order valence-electron chi connectivity index (χ0n) is 13.2. The molecule has 1 aromatic carbocycles. The Hall–Kier alpha value is -2.30. The maximum atomic E-state index is 11.8. The number of ether oxygens (including phenoxy) is 1. The summed E-state index contributed by atoms with van der Waals surface area (Å²) in [6, 6.07) is 7.98. The molecule has 1 unspecified atom stereocenters. The van der Waals surface area contributed by atoms with Crippen LogP contribution in [-0.2, 0) is 17.8 Å². The summed E-state index contributed by atoms with van der Waals surface area (Å²) in [4.78, 5) is 11.8. The first-order valence-electron chi connectivity index (χ1n) is 8.22. The lowest BCUT2D eigenvalue weighted by molar-refractivity contribution is -0.127. The van der Waals surface area contributed by atoms with Gasteiger partial charge in [0.1, 0.15) is 17.5 Å². The molecule has 120 valence electrons. The van der Waals surface area contributed by atoms with Crippen LogP contribution in [0.5, 0.6) is 5.75 Å². The second-order valence-corrected chi connectivity index (χ2v) is 6.48. The summed E-state index contributed by atoms with van der Waals surface area (Å²) in [5, 5.41) is 6.97. The Labute approximate surface area is 135 Å². The van der Waals surface area contributed by atoms with Crippen molar-refractivity contribution in [2.45, 2.75) is 45.3 Å². The third kappa shape index (κ3) is 2.83. The van der Waals surface area contributed by atoms with Crippen LogP contribution in [0.2, 0.25) is 0 Å². The predicted octanol–water partition coefficient (Wildman–Crippen LogP) is 3.08. The van der Waals surface area contributed by atoms with E-state index in [4.69, 9.17) is 9.26 Å². The molecular weight excluding hydrogens is 292 g/mol. The van der Waals surface area contributed by atoms with Crippen LogP contribution in [-0.4, -0.2) is 17.2 Å². The molecule has 1 aliphatic carbocycles. The molecule has 1 N–H and O–H groups in total. The fraction of sp³-hybridized carbons (Fsp3) is 0.444. The van der Waals surface area contributed by atoms with Crippen LogP contribution < -0.4 is 10.1 Å². The minimum atomic E-state index is 0.126. The second-order valence-electron chi connectivity index (χ2n) is 6.48. The monoisotopic (exact) mass is 312 g/mol. The molecule has 2 heterocycles. The number of hydrogen-bond acceptors (Lipinski definition) is 4. The van der Waals surface area contributed by atoms with E-state index in [9.17, 15) is 4.79 Å². The van der Waals surface area contributed by atoms with Gasteiger partial charge in [0.2, 0.25) is 5.91 Å². The lowest BCUT2D eigenvalue weighted by atomic mass is 9.85. The first kappa shape index (κ1) is 14.3. The molecule has 2 aromatic rings. The molecule has 1 amide bonds. The number of carbonyl (C=O) groups excluding carboxylic acids is 1. The molecule has 1 saturated carbocycles. The van der Waals surface area contributed by atoms with Gasteiger partial charge in [-0.05, 0) is 31.4 Å². The van der Waals surface area contributed by atoms with Crippen LogP contribution in [0.1, 0.15) is 37.4 Å². The van der Waals surface area contributed by atoms with E-state index in [2.05, 4.69) is 23.5 Å². The van der Waals surface area contributed by atoms with E-state index in [1.165, 1.54) is 5.56 Å². The summed E-state index contributed by atoms with van der Waals surface area (Å²) < 4.78 is 11.2. The van der Waals surface area contributed by atoms with Crippen molar-refractivity contribution in [3.63, 3.8) is 0 Å². The van der Waals surface area contributed by atoms with Crippen molar-refractivity contribution in [1.82, 2.24) is 10.5 Å². The highest BCUT2D eigenvalue weighted by atomic mass is 16.5. The number of rotatable bonds is 4. The van der Waals surface area contributed by atoms with Gasteiger partial charge in [0.05, 0.1) is 6.54 Å². The molecule has 0 saturated heterocycles. The number of hydrogen-bond donors (Lipinski definition) is 1. The van der Waals surface area contributed by atoms with Crippen molar-refractivity contribution in [3.8, 4) is 17.1 Å². The molecule has 4 rings (SSSR count). The number of nitrogens with zero attached hydrogens (tertiary/aromatic N) is 1. The van der Waals surface area contributed by atoms with E-state index in [-0.39, 0.29) is 17.9 Å². The molecule has 23 heavy (non-hydrogen) atoms. The first-order chi connectivity index (χ1) is 11.2. The van der Waals surface area contributed by atoms with Crippen LogP contribution in [0, 0.1) is 5.92 Å². The Bertz CT molecular complexity index is 734. The van der Waals surface area contributed by atoms with E-state index in [1.807, 2.05) is 18.2 Å². The molecule has 1 aromatic heterocycles. The normalized spacial score (nSPS) is 19.8. The average Bonchev–Trinajstić information content (AvgIpc) is 3.07. The molecule has 1 fully saturated rings. The van der Waals surface area contributed by atoms with E-state index in [1.54, 1.807) is 0 Å². The number of benzene rings is 1. The number of carbonyl (C=O) groups is 1. The average molecular weight is 312 g/mol. The fourth-order valence-electron chi connectivity index (χ4n) is 3.08. The van der Waals surface area contributed by atoms with Crippen molar-refractivity contribution in [2.75, 3.05) is 0 Å². The molecule has 0 radical (unpaired) electrons. The highest BCUT2D eigenvalue weighted by Crippen LogP contribution is 2.33. The standard InChI is InChI=1S/C18H20N2O3/c1-11-7-13-5-6-14(8-16(13)22-11)17-9-15(20-23-17)10-19-18(21)12-3-2-4-12/h5-6,8-9,11-12H,2-4,7,10H2,1H3,(H,19,21). The van der Waals surface area contributed by atoms with Gasteiger partial charge >= 0.3 is 0 Å². The molecular formula is C18H20N2O3. The van der Waals surface area contributed by atoms with Gasteiger partial charge in [-0.1, -0.05) is 23.7 Å². The summed E-state index contributed by atoms with van der Waals surface area (Å²) in [6.07, 6.45) is 4.34. The second kappa shape index (κ2) is 5.72. The van der Waals surface area contributed by atoms with Gasteiger partial charge in [-0.2, -0.15) is 0 Å². The SMILES string of the molecule is CC1Cc2ccc(-c3cc(CNC(=O)C4CCC4)no3)cc2O1. The number of amides is 1. The van der Waals surface area contributed by atoms with E-state index < -0.39 is 0 Å². The van der Waals surface area contributed by atoms with Gasteiger partial charge < -0.3 is 14.6 Å². The summed E-state index contributed by atoms with van der Waals surface area (Å²) in [5.41, 5.74) is 2.91. The zero-order chi connectivity index (χ0) is 15.8. The lowest BCUT2D eigenvalue weighted by Gasteiger charge is -2.23. The van der Waals surface area contributed by atoms with E-state index >= 15 is 0 Å². The van der Waals surface area contributed by atoms with Crippen LogP contribution in [0.25, 0.3) is 11.3 Å². The first-order valence-corrected chi connectivity index (χ1v) is 8.22. The van der Waals surface area contributed by atoms with E-state index in [0.717, 1.165) is 42.7 Å². The van der Waals surface area contributed by atoms with Gasteiger partial charge in [-0.3, -0.25) is 4.79 Å². The minimum absolute atomic E-state index is 0.126. The summed E-state index contributed by atoms with van der Waals surface area (Å²) in [6.45, 7) is 2.48. The molecule has 5 nitrogen and oxygen atoms in total. The predicted molar refractivity (Wildman–Crippen MR) is 84.9 cm³/mol. The minimum Gasteiger partial charge on any atom is -0.490 e. The van der Waals surface area contributed by atoms with Crippen molar-refractivity contribution < 1.29 is 14.1 Å². The Kier molecular flexibility index (Phi) is 3.56. The third-order valence-corrected chi connectivity index (χ3v) is 4.67. The van der Waals surface area contributed by atoms with Gasteiger partial charge in [0, 0.05) is 24.0 Å². The van der Waals surface area contributed by atoms with Crippen LogP contribution in [0.3, 0.4) is 0 Å². The fourth-order valence-corrected chi connectivity index (χ4v) is 3.08. The largest absolute Gasteiger partial charge is 0.490 e. The Morgan fingerprint density at radius 2 is 2.22 bits per heavy atom. The zero-order valence-corrected chi connectivity index (χ0v) is 13.2. The molecule has 1 atom stereocenters.